The van der Waals surface area contributed by atoms with Crippen molar-refractivity contribution in [2.24, 2.45) is 17.8 Å². The van der Waals surface area contributed by atoms with Gasteiger partial charge in [0.05, 0.1) is 18.8 Å². The van der Waals surface area contributed by atoms with E-state index in [0.717, 1.165) is 31.4 Å². The fourth-order valence-corrected chi connectivity index (χ4v) is 5.88. The highest BCUT2D eigenvalue weighted by Gasteiger charge is 2.45. The number of ether oxygens (including phenoxy) is 2. The van der Waals surface area contributed by atoms with Crippen molar-refractivity contribution in [1.82, 2.24) is 20.2 Å². The Balaban J connectivity index is 1.40. The lowest BCUT2D eigenvalue weighted by atomic mass is 9.61. The van der Waals surface area contributed by atoms with Gasteiger partial charge in [-0.1, -0.05) is 6.92 Å². The maximum atomic E-state index is 10.8. The standard InChI is InChI=1S/C23H34N6O4/c1-12-4-14-6-15(9-23(3,31)8-14)21(12)27-22-25-18(24-19-5-13(2)28-29-19)7-20(26-22)33-17-11-32-10-16(17)30/h5,7,12,14-17,21,30-31H,4,6,8-11H2,1-3H3,(H3,24,25,26,27,28,29). The molecule has 5 rings (SSSR count). The first kappa shape index (κ1) is 22.4. The summed E-state index contributed by atoms with van der Waals surface area (Å²) in [7, 11) is 0. The fraction of sp³-hybridized carbons (Fsp3) is 0.696. The van der Waals surface area contributed by atoms with Gasteiger partial charge < -0.3 is 30.3 Å². The number of aryl methyl sites for hydroxylation is 1. The molecule has 0 spiro atoms. The molecule has 3 aliphatic rings. The van der Waals surface area contributed by atoms with E-state index in [2.05, 4.69) is 37.7 Å². The van der Waals surface area contributed by atoms with Crippen LogP contribution >= 0.6 is 0 Å². The molecular formula is C23H34N6O4. The predicted molar refractivity (Wildman–Crippen MR) is 123 cm³/mol. The molecule has 2 aliphatic carbocycles. The number of hydrogen-bond acceptors (Lipinski definition) is 9. The molecule has 10 nitrogen and oxygen atoms in total. The highest BCUT2D eigenvalue weighted by Crippen LogP contribution is 2.47. The van der Waals surface area contributed by atoms with Gasteiger partial charge in [-0.2, -0.15) is 15.1 Å². The van der Waals surface area contributed by atoms with Gasteiger partial charge >= 0.3 is 0 Å². The highest BCUT2D eigenvalue weighted by atomic mass is 16.6. The second-order valence-electron chi connectivity index (χ2n) is 10.4. The molecule has 2 bridgehead atoms. The van der Waals surface area contributed by atoms with E-state index < -0.39 is 17.8 Å². The van der Waals surface area contributed by atoms with Crippen molar-refractivity contribution in [1.29, 1.82) is 0 Å². The van der Waals surface area contributed by atoms with Crippen LogP contribution in [0.1, 0.15) is 45.2 Å². The molecule has 3 fully saturated rings. The second kappa shape index (κ2) is 8.73. The van der Waals surface area contributed by atoms with Gasteiger partial charge in [-0.25, -0.2) is 0 Å². The second-order valence-corrected chi connectivity index (χ2v) is 10.4. The number of aliphatic hydroxyl groups excluding tert-OH is 1. The summed E-state index contributed by atoms with van der Waals surface area (Å²) in [4.78, 5) is 9.29. The summed E-state index contributed by atoms with van der Waals surface area (Å²) in [6, 6.07) is 3.74. The molecule has 0 amide bonds. The van der Waals surface area contributed by atoms with Crippen LogP contribution in [0.15, 0.2) is 12.1 Å². The Morgan fingerprint density at radius 2 is 2.03 bits per heavy atom. The van der Waals surface area contributed by atoms with Crippen LogP contribution in [0.3, 0.4) is 0 Å². The average Bonchev–Trinajstić information content (AvgIpc) is 3.31. The van der Waals surface area contributed by atoms with Gasteiger partial charge in [-0.05, 0) is 57.3 Å². The highest BCUT2D eigenvalue weighted by molar-refractivity contribution is 5.55. The Kier molecular flexibility index (Phi) is 5.92. The maximum absolute atomic E-state index is 10.8. The molecule has 0 radical (unpaired) electrons. The maximum Gasteiger partial charge on any atom is 0.228 e. The minimum absolute atomic E-state index is 0.157. The van der Waals surface area contributed by atoms with Crippen molar-refractivity contribution in [3.8, 4) is 5.88 Å². The fourth-order valence-electron chi connectivity index (χ4n) is 5.88. The Morgan fingerprint density at radius 1 is 1.18 bits per heavy atom. The number of anilines is 3. The molecule has 1 aliphatic heterocycles. The van der Waals surface area contributed by atoms with Gasteiger partial charge in [0.1, 0.15) is 11.9 Å². The molecule has 3 heterocycles. The van der Waals surface area contributed by atoms with Crippen molar-refractivity contribution in [2.45, 2.75) is 70.3 Å². The van der Waals surface area contributed by atoms with E-state index >= 15 is 0 Å². The van der Waals surface area contributed by atoms with Crippen LogP contribution in [0.5, 0.6) is 5.88 Å². The number of rotatable bonds is 6. The molecule has 180 valence electrons. The molecule has 2 aromatic rings. The first-order valence-corrected chi connectivity index (χ1v) is 11.8. The number of hydrogen-bond donors (Lipinski definition) is 5. The summed E-state index contributed by atoms with van der Waals surface area (Å²) in [5.41, 5.74) is 0.310. The normalized spacial score (nSPS) is 35.9. The first-order chi connectivity index (χ1) is 15.7. The first-order valence-electron chi connectivity index (χ1n) is 11.8. The molecule has 33 heavy (non-hydrogen) atoms. The Morgan fingerprint density at radius 3 is 2.76 bits per heavy atom. The van der Waals surface area contributed by atoms with E-state index in [1.54, 1.807) is 6.07 Å². The third kappa shape index (κ3) is 5.07. The zero-order chi connectivity index (χ0) is 23.2. The number of aliphatic hydroxyl groups is 2. The third-order valence-electron chi connectivity index (χ3n) is 7.12. The Labute approximate surface area is 193 Å². The number of fused-ring (bicyclic) bond motifs is 2. The monoisotopic (exact) mass is 458 g/mol. The molecule has 0 aromatic carbocycles. The number of nitrogens with zero attached hydrogens (tertiary/aromatic N) is 3. The molecule has 5 N–H and O–H groups in total. The van der Waals surface area contributed by atoms with E-state index in [-0.39, 0.29) is 12.6 Å². The lowest BCUT2D eigenvalue weighted by Gasteiger charge is -2.49. The van der Waals surface area contributed by atoms with Crippen LogP contribution in [0, 0.1) is 24.7 Å². The van der Waals surface area contributed by atoms with Gasteiger partial charge in [-0.15, -0.1) is 0 Å². The zero-order valence-electron chi connectivity index (χ0n) is 19.4. The number of H-pyrrole nitrogens is 1. The van der Waals surface area contributed by atoms with E-state index in [4.69, 9.17) is 9.47 Å². The zero-order valence-corrected chi connectivity index (χ0v) is 19.4. The Hall–Kier alpha value is -2.43. The average molecular weight is 459 g/mol. The van der Waals surface area contributed by atoms with Crippen LogP contribution in [-0.4, -0.2) is 67.4 Å². The van der Waals surface area contributed by atoms with Gasteiger partial charge in [0.25, 0.3) is 0 Å². The summed E-state index contributed by atoms with van der Waals surface area (Å²) in [6.07, 6.45) is 2.66. The lowest BCUT2D eigenvalue weighted by Crippen LogP contribution is -2.50. The van der Waals surface area contributed by atoms with Crippen LogP contribution in [0.4, 0.5) is 17.6 Å². The van der Waals surface area contributed by atoms with E-state index in [1.807, 2.05) is 19.9 Å². The molecule has 2 aromatic heterocycles. The summed E-state index contributed by atoms with van der Waals surface area (Å²) >= 11 is 0. The lowest BCUT2D eigenvalue weighted by molar-refractivity contribution is -0.0502. The third-order valence-corrected chi connectivity index (χ3v) is 7.12. The number of aromatic nitrogens is 4. The summed E-state index contributed by atoms with van der Waals surface area (Å²) in [6.45, 7) is 6.70. The van der Waals surface area contributed by atoms with Gasteiger partial charge in [0, 0.05) is 23.9 Å². The van der Waals surface area contributed by atoms with Crippen LogP contribution in [0.2, 0.25) is 0 Å². The summed E-state index contributed by atoms with van der Waals surface area (Å²) < 4.78 is 11.3. The van der Waals surface area contributed by atoms with Gasteiger partial charge in [-0.3, -0.25) is 5.10 Å². The topological polar surface area (TPSA) is 137 Å². The van der Waals surface area contributed by atoms with Crippen LogP contribution < -0.4 is 15.4 Å². The molecule has 7 unspecified atom stereocenters. The summed E-state index contributed by atoms with van der Waals surface area (Å²) in [5.74, 6) is 3.35. The molecular weight excluding hydrogens is 424 g/mol. The number of nitrogens with one attached hydrogen (secondary N) is 3. The minimum atomic E-state index is -0.693. The Bertz CT molecular complexity index is 980. The van der Waals surface area contributed by atoms with E-state index in [0.29, 0.717) is 47.8 Å². The quantitative estimate of drug-likeness (QED) is 0.442. The van der Waals surface area contributed by atoms with Crippen molar-refractivity contribution in [3.05, 3.63) is 17.8 Å². The molecule has 2 saturated carbocycles. The smallest absolute Gasteiger partial charge is 0.228 e. The number of aromatic amines is 1. The molecule has 1 saturated heterocycles. The van der Waals surface area contributed by atoms with Crippen LogP contribution in [0.25, 0.3) is 0 Å². The minimum Gasteiger partial charge on any atom is -0.469 e. The van der Waals surface area contributed by atoms with Crippen molar-refractivity contribution < 1.29 is 19.7 Å². The van der Waals surface area contributed by atoms with Crippen molar-refractivity contribution in [2.75, 3.05) is 23.8 Å². The predicted octanol–water partition coefficient (Wildman–Crippen LogP) is 2.38. The van der Waals surface area contributed by atoms with Crippen LogP contribution in [-0.2, 0) is 4.74 Å². The molecule has 7 atom stereocenters. The van der Waals surface area contributed by atoms with Crippen molar-refractivity contribution >= 4 is 17.6 Å². The van der Waals surface area contributed by atoms with E-state index in [9.17, 15) is 10.2 Å². The van der Waals surface area contributed by atoms with E-state index in [1.165, 1.54) is 0 Å². The summed E-state index contributed by atoms with van der Waals surface area (Å²) in [5, 5.41) is 34.8. The van der Waals surface area contributed by atoms with Gasteiger partial charge in [0.15, 0.2) is 11.9 Å². The molecule has 10 heteroatoms. The largest absolute Gasteiger partial charge is 0.469 e. The van der Waals surface area contributed by atoms with Crippen molar-refractivity contribution in [3.63, 3.8) is 0 Å². The SMILES string of the molecule is Cc1cc(Nc2cc(OC3COCC3O)nc(NC3C(C)CC4CC3CC(C)(O)C4)n2)n[nH]1. The van der Waals surface area contributed by atoms with Gasteiger partial charge in [0.2, 0.25) is 11.8 Å².